The molecule has 154 valence electrons. The summed E-state index contributed by atoms with van der Waals surface area (Å²) in [6, 6.07) is 8.59. The lowest BCUT2D eigenvalue weighted by atomic mass is 10.0. The van der Waals surface area contributed by atoms with Gasteiger partial charge in [-0.2, -0.15) is 14.6 Å². The third-order valence-corrected chi connectivity index (χ3v) is 7.25. The van der Waals surface area contributed by atoms with E-state index < -0.39 is 10.0 Å². The van der Waals surface area contributed by atoms with Crippen molar-refractivity contribution in [3.05, 3.63) is 30.0 Å². The van der Waals surface area contributed by atoms with Gasteiger partial charge in [0.2, 0.25) is 27.5 Å². The lowest BCUT2D eigenvalue weighted by molar-refractivity contribution is 0.121. The molecular formula is C20H24N4O4S. The summed E-state index contributed by atoms with van der Waals surface area (Å²) in [7, 11) is -3.51. The maximum absolute atomic E-state index is 12.9. The van der Waals surface area contributed by atoms with Crippen LogP contribution in [-0.2, 0) is 14.8 Å². The summed E-state index contributed by atoms with van der Waals surface area (Å²) in [6.07, 6.45) is 1.94. The van der Waals surface area contributed by atoms with E-state index in [0.717, 1.165) is 12.8 Å². The summed E-state index contributed by atoms with van der Waals surface area (Å²) in [4.78, 5) is 6.50. The first kappa shape index (κ1) is 19.9. The Morgan fingerprint density at radius 3 is 2.55 bits per heavy atom. The van der Waals surface area contributed by atoms with Gasteiger partial charge in [0.15, 0.2) is 0 Å². The number of morpholine rings is 1. The largest absolute Gasteiger partial charge is 0.419 e. The second kappa shape index (κ2) is 8.14. The van der Waals surface area contributed by atoms with Crippen LogP contribution in [0.2, 0.25) is 0 Å². The number of hydrogen-bond acceptors (Lipinski definition) is 7. The smallest absolute Gasteiger partial charge is 0.243 e. The minimum atomic E-state index is -3.51. The van der Waals surface area contributed by atoms with Crippen LogP contribution in [0.15, 0.2) is 33.6 Å². The zero-order valence-electron chi connectivity index (χ0n) is 16.4. The molecule has 0 amide bonds. The average molecular weight is 417 g/mol. The number of hydrogen-bond donors (Lipinski definition) is 0. The SMILES string of the molecule is C[C@@H]1CCCN(S(=O)(=O)c2ccc(-c3nc(C#N)c(N4CCOCC4)o3)cc2)C1. The second-order valence-electron chi connectivity index (χ2n) is 7.52. The van der Waals surface area contributed by atoms with Gasteiger partial charge in [-0.05, 0) is 43.0 Å². The van der Waals surface area contributed by atoms with Gasteiger partial charge in [0, 0.05) is 31.7 Å². The number of piperidine rings is 1. The van der Waals surface area contributed by atoms with Gasteiger partial charge in [-0.15, -0.1) is 0 Å². The van der Waals surface area contributed by atoms with E-state index in [2.05, 4.69) is 18.0 Å². The fraction of sp³-hybridized carbons (Fsp3) is 0.500. The molecule has 0 radical (unpaired) electrons. The fourth-order valence-electron chi connectivity index (χ4n) is 3.77. The van der Waals surface area contributed by atoms with E-state index in [1.807, 2.05) is 4.90 Å². The van der Waals surface area contributed by atoms with E-state index in [-0.39, 0.29) is 10.6 Å². The molecule has 3 heterocycles. The summed E-state index contributed by atoms with van der Waals surface area (Å²) in [6.45, 7) is 5.60. The van der Waals surface area contributed by atoms with Gasteiger partial charge in [-0.3, -0.25) is 0 Å². The Balaban J connectivity index is 1.58. The topological polar surface area (TPSA) is 99.7 Å². The van der Waals surface area contributed by atoms with Crippen molar-refractivity contribution in [3.63, 3.8) is 0 Å². The summed E-state index contributed by atoms with van der Waals surface area (Å²) < 4.78 is 38.6. The third kappa shape index (κ3) is 4.01. The van der Waals surface area contributed by atoms with Crippen LogP contribution in [0.3, 0.4) is 0 Å². The van der Waals surface area contributed by atoms with Crippen LogP contribution < -0.4 is 4.90 Å². The summed E-state index contributed by atoms with van der Waals surface area (Å²) in [5.74, 6) is 1.11. The Morgan fingerprint density at radius 1 is 1.17 bits per heavy atom. The monoisotopic (exact) mass is 416 g/mol. The first-order valence-electron chi connectivity index (χ1n) is 9.83. The minimum absolute atomic E-state index is 0.223. The summed E-state index contributed by atoms with van der Waals surface area (Å²) >= 11 is 0. The number of aromatic nitrogens is 1. The summed E-state index contributed by atoms with van der Waals surface area (Å²) in [5.41, 5.74) is 0.855. The van der Waals surface area contributed by atoms with E-state index in [1.165, 1.54) is 0 Å². The maximum Gasteiger partial charge on any atom is 0.243 e. The van der Waals surface area contributed by atoms with Crippen LogP contribution >= 0.6 is 0 Å². The van der Waals surface area contributed by atoms with E-state index in [1.54, 1.807) is 28.6 Å². The normalized spacial score (nSPS) is 21.1. The molecule has 8 nitrogen and oxygen atoms in total. The van der Waals surface area contributed by atoms with Crippen LogP contribution in [0, 0.1) is 17.2 Å². The molecule has 0 aliphatic carbocycles. The molecule has 0 N–H and O–H groups in total. The fourth-order valence-corrected chi connectivity index (χ4v) is 5.37. The average Bonchev–Trinajstić information content (AvgIpc) is 3.19. The predicted octanol–water partition coefficient (Wildman–Crippen LogP) is 2.47. The molecule has 9 heteroatoms. The van der Waals surface area contributed by atoms with Crippen molar-refractivity contribution in [2.75, 3.05) is 44.3 Å². The van der Waals surface area contributed by atoms with Gasteiger partial charge in [0.05, 0.1) is 18.1 Å². The van der Waals surface area contributed by atoms with Gasteiger partial charge < -0.3 is 14.1 Å². The zero-order valence-corrected chi connectivity index (χ0v) is 17.2. The van der Waals surface area contributed by atoms with Crippen molar-refractivity contribution in [2.24, 2.45) is 5.92 Å². The van der Waals surface area contributed by atoms with Crippen molar-refractivity contribution in [3.8, 4) is 17.5 Å². The van der Waals surface area contributed by atoms with Crippen molar-refractivity contribution in [1.82, 2.24) is 9.29 Å². The molecule has 0 unspecified atom stereocenters. The van der Waals surface area contributed by atoms with Gasteiger partial charge in [-0.25, -0.2) is 8.42 Å². The molecule has 4 rings (SSSR count). The number of sulfonamides is 1. The molecule has 0 bridgehead atoms. The van der Waals surface area contributed by atoms with Crippen molar-refractivity contribution < 1.29 is 17.6 Å². The van der Waals surface area contributed by atoms with E-state index in [4.69, 9.17) is 9.15 Å². The standard InChI is InChI=1S/C20H24N4O4S/c1-15-3-2-8-24(14-15)29(25,26)17-6-4-16(5-7-17)19-22-18(13-21)20(28-19)23-9-11-27-12-10-23/h4-7,15H,2-3,8-12,14H2,1H3/t15-/m1/s1. The molecule has 1 aromatic carbocycles. The first-order chi connectivity index (χ1) is 14.0. The number of oxazole rings is 1. The Hall–Kier alpha value is -2.41. The van der Waals surface area contributed by atoms with E-state index in [0.29, 0.717) is 62.6 Å². The molecule has 2 aromatic rings. The molecule has 0 saturated carbocycles. The number of nitriles is 1. The molecule has 2 fully saturated rings. The Morgan fingerprint density at radius 2 is 1.90 bits per heavy atom. The van der Waals surface area contributed by atoms with Crippen LogP contribution in [-0.4, -0.2) is 57.1 Å². The Bertz CT molecular complexity index is 1000. The quantitative estimate of drug-likeness (QED) is 0.755. The van der Waals surface area contributed by atoms with Crippen molar-refractivity contribution in [1.29, 1.82) is 5.26 Å². The second-order valence-corrected chi connectivity index (χ2v) is 9.46. The lowest BCUT2D eigenvalue weighted by Gasteiger charge is -2.30. The predicted molar refractivity (Wildman–Crippen MR) is 107 cm³/mol. The highest BCUT2D eigenvalue weighted by molar-refractivity contribution is 7.89. The number of anilines is 1. The number of benzene rings is 1. The van der Waals surface area contributed by atoms with Crippen molar-refractivity contribution >= 4 is 15.9 Å². The molecule has 29 heavy (non-hydrogen) atoms. The molecular weight excluding hydrogens is 392 g/mol. The summed E-state index contributed by atoms with van der Waals surface area (Å²) in [5, 5.41) is 9.41. The van der Waals surface area contributed by atoms with Crippen LogP contribution in [0.5, 0.6) is 0 Å². The third-order valence-electron chi connectivity index (χ3n) is 5.37. The molecule has 2 aliphatic heterocycles. The van der Waals surface area contributed by atoms with Gasteiger partial charge in [-0.1, -0.05) is 6.92 Å². The van der Waals surface area contributed by atoms with E-state index >= 15 is 0 Å². The van der Waals surface area contributed by atoms with Crippen molar-refractivity contribution in [2.45, 2.75) is 24.7 Å². The van der Waals surface area contributed by atoms with Crippen LogP contribution in [0.25, 0.3) is 11.5 Å². The lowest BCUT2D eigenvalue weighted by Crippen LogP contribution is -2.39. The molecule has 2 aliphatic rings. The van der Waals surface area contributed by atoms with Gasteiger partial charge in [0.25, 0.3) is 0 Å². The number of ether oxygens (including phenoxy) is 1. The Labute approximate surface area is 170 Å². The van der Waals surface area contributed by atoms with Crippen LogP contribution in [0.1, 0.15) is 25.5 Å². The molecule has 2 saturated heterocycles. The highest BCUT2D eigenvalue weighted by atomic mass is 32.2. The maximum atomic E-state index is 12.9. The number of rotatable bonds is 4. The molecule has 1 aromatic heterocycles. The molecule has 0 spiro atoms. The van der Waals surface area contributed by atoms with E-state index in [9.17, 15) is 13.7 Å². The molecule has 1 atom stereocenters. The highest BCUT2D eigenvalue weighted by Crippen LogP contribution is 2.30. The number of nitrogens with zero attached hydrogens (tertiary/aromatic N) is 4. The van der Waals surface area contributed by atoms with Crippen LogP contribution in [0.4, 0.5) is 5.88 Å². The highest BCUT2D eigenvalue weighted by Gasteiger charge is 2.29. The minimum Gasteiger partial charge on any atom is -0.419 e. The van der Waals surface area contributed by atoms with Gasteiger partial charge in [0.1, 0.15) is 6.07 Å². The zero-order chi connectivity index (χ0) is 20.4. The Kier molecular flexibility index (Phi) is 5.58. The van der Waals surface area contributed by atoms with Gasteiger partial charge >= 0.3 is 0 Å². The first-order valence-corrected chi connectivity index (χ1v) is 11.3.